The Morgan fingerprint density at radius 3 is 2.69 bits per heavy atom. The van der Waals surface area contributed by atoms with E-state index >= 15 is 0 Å². The van der Waals surface area contributed by atoms with Gasteiger partial charge >= 0.3 is 0 Å². The van der Waals surface area contributed by atoms with E-state index in [9.17, 15) is 0 Å². The summed E-state index contributed by atoms with van der Waals surface area (Å²) in [7, 11) is 0. The van der Waals surface area contributed by atoms with Crippen molar-refractivity contribution < 1.29 is 4.74 Å². The van der Waals surface area contributed by atoms with Gasteiger partial charge in [-0.2, -0.15) is 15.2 Å². The van der Waals surface area contributed by atoms with Crippen molar-refractivity contribution >= 4 is 17.0 Å². The van der Waals surface area contributed by atoms with E-state index in [0.29, 0.717) is 19.1 Å². The SMILES string of the molecule is Cc1cc([C@@H]2CN(c3nc(C4CCC4)c4cc(C)c(C)nc4n3)CCO2)cnn1. The lowest BCUT2D eigenvalue weighted by atomic mass is 9.81. The monoisotopic (exact) mass is 390 g/mol. The predicted molar refractivity (Wildman–Crippen MR) is 111 cm³/mol. The highest BCUT2D eigenvalue weighted by Crippen LogP contribution is 2.39. The largest absolute Gasteiger partial charge is 0.370 e. The molecule has 1 saturated heterocycles. The van der Waals surface area contributed by atoms with E-state index < -0.39 is 0 Å². The van der Waals surface area contributed by atoms with Crippen LogP contribution in [0.2, 0.25) is 0 Å². The molecule has 0 aromatic carbocycles. The molecule has 3 aromatic heterocycles. The molecule has 0 N–H and O–H groups in total. The van der Waals surface area contributed by atoms with Gasteiger partial charge in [-0.3, -0.25) is 0 Å². The third kappa shape index (κ3) is 3.44. The number of ether oxygens (including phenoxy) is 1. The summed E-state index contributed by atoms with van der Waals surface area (Å²) in [6.45, 7) is 8.21. The number of hydrogen-bond acceptors (Lipinski definition) is 7. The van der Waals surface area contributed by atoms with E-state index in [2.05, 4.69) is 28.1 Å². The fraction of sp³-hybridized carbons (Fsp3) is 0.500. The minimum absolute atomic E-state index is 0.0582. The van der Waals surface area contributed by atoms with Gasteiger partial charge in [0.15, 0.2) is 5.65 Å². The summed E-state index contributed by atoms with van der Waals surface area (Å²) in [5, 5.41) is 9.25. The summed E-state index contributed by atoms with van der Waals surface area (Å²) in [5.41, 5.74) is 6.14. The summed E-state index contributed by atoms with van der Waals surface area (Å²) in [5.74, 6) is 1.29. The zero-order chi connectivity index (χ0) is 20.0. The van der Waals surface area contributed by atoms with Gasteiger partial charge in [-0.1, -0.05) is 6.42 Å². The Morgan fingerprint density at radius 1 is 1.07 bits per heavy atom. The molecular formula is C22H26N6O. The molecule has 1 aliphatic carbocycles. The van der Waals surface area contributed by atoms with Crippen LogP contribution < -0.4 is 4.90 Å². The van der Waals surface area contributed by atoms with Gasteiger partial charge in [-0.25, -0.2) is 9.97 Å². The van der Waals surface area contributed by atoms with Gasteiger partial charge in [0, 0.05) is 29.1 Å². The molecule has 3 aromatic rings. The number of rotatable bonds is 3. The Morgan fingerprint density at radius 2 is 1.93 bits per heavy atom. The fourth-order valence-corrected chi connectivity index (χ4v) is 4.09. The number of aryl methyl sites for hydroxylation is 3. The average Bonchev–Trinajstić information content (AvgIpc) is 2.68. The molecule has 1 aliphatic heterocycles. The first kappa shape index (κ1) is 18.4. The van der Waals surface area contributed by atoms with Crippen molar-refractivity contribution in [2.75, 3.05) is 24.6 Å². The van der Waals surface area contributed by atoms with Gasteiger partial charge in [0.1, 0.15) is 6.10 Å². The summed E-state index contributed by atoms with van der Waals surface area (Å²) in [6, 6.07) is 4.25. The molecule has 7 heteroatoms. The molecule has 5 rings (SSSR count). The summed E-state index contributed by atoms with van der Waals surface area (Å²) in [4.78, 5) is 16.9. The summed E-state index contributed by atoms with van der Waals surface area (Å²) >= 11 is 0. The van der Waals surface area contributed by atoms with E-state index in [1.807, 2.05) is 19.9 Å². The van der Waals surface area contributed by atoms with Gasteiger partial charge in [0.2, 0.25) is 5.95 Å². The lowest BCUT2D eigenvalue weighted by molar-refractivity contribution is 0.0388. The van der Waals surface area contributed by atoms with E-state index in [4.69, 9.17) is 19.7 Å². The average molecular weight is 390 g/mol. The molecule has 0 spiro atoms. The van der Waals surface area contributed by atoms with E-state index in [-0.39, 0.29) is 6.10 Å². The molecule has 150 valence electrons. The van der Waals surface area contributed by atoms with Crippen LogP contribution in [0.4, 0.5) is 5.95 Å². The van der Waals surface area contributed by atoms with Crippen molar-refractivity contribution in [3.8, 4) is 0 Å². The molecule has 0 bridgehead atoms. The lowest BCUT2D eigenvalue weighted by Gasteiger charge is -2.34. The number of morpholine rings is 1. The van der Waals surface area contributed by atoms with Gasteiger partial charge in [0.05, 0.1) is 30.7 Å². The van der Waals surface area contributed by atoms with Crippen molar-refractivity contribution in [2.45, 2.75) is 52.1 Å². The molecule has 7 nitrogen and oxygen atoms in total. The third-order valence-electron chi connectivity index (χ3n) is 6.16. The Balaban J connectivity index is 1.53. The second kappa shape index (κ2) is 7.30. The van der Waals surface area contributed by atoms with Crippen LogP contribution in [0.15, 0.2) is 18.3 Å². The van der Waals surface area contributed by atoms with Gasteiger partial charge < -0.3 is 9.64 Å². The van der Waals surface area contributed by atoms with Crippen molar-refractivity contribution in [3.63, 3.8) is 0 Å². The Labute approximate surface area is 170 Å². The Kier molecular flexibility index (Phi) is 4.62. The zero-order valence-corrected chi connectivity index (χ0v) is 17.2. The van der Waals surface area contributed by atoms with Crippen LogP contribution in [0.3, 0.4) is 0 Å². The maximum Gasteiger partial charge on any atom is 0.227 e. The van der Waals surface area contributed by atoms with Crippen LogP contribution in [0.25, 0.3) is 11.0 Å². The normalized spacial score (nSPS) is 20.1. The van der Waals surface area contributed by atoms with Crippen LogP contribution in [-0.4, -0.2) is 44.8 Å². The van der Waals surface area contributed by atoms with Gasteiger partial charge in [-0.05, 0) is 51.3 Å². The van der Waals surface area contributed by atoms with Crippen molar-refractivity contribution in [1.29, 1.82) is 0 Å². The fourth-order valence-electron chi connectivity index (χ4n) is 4.09. The van der Waals surface area contributed by atoms with Crippen LogP contribution in [0.1, 0.15) is 59.5 Å². The molecule has 4 heterocycles. The predicted octanol–water partition coefficient (Wildman–Crippen LogP) is 3.59. The molecule has 1 atom stereocenters. The molecule has 0 unspecified atom stereocenters. The highest BCUT2D eigenvalue weighted by atomic mass is 16.5. The van der Waals surface area contributed by atoms with Gasteiger partial charge in [-0.15, -0.1) is 0 Å². The van der Waals surface area contributed by atoms with Crippen molar-refractivity contribution in [1.82, 2.24) is 25.1 Å². The van der Waals surface area contributed by atoms with Crippen molar-refractivity contribution in [2.24, 2.45) is 0 Å². The minimum Gasteiger partial charge on any atom is -0.370 e. The minimum atomic E-state index is -0.0582. The first-order valence-corrected chi connectivity index (χ1v) is 10.4. The van der Waals surface area contributed by atoms with Crippen LogP contribution in [-0.2, 0) is 4.74 Å². The maximum atomic E-state index is 6.02. The number of fused-ring (bicyclic) bond motifs is 1. The van der Waals surface area contributed by atoms with Crippen LogP contribution >= 0.6 is 0 Å². The molecule has 2 aliphatic rings. The number of hydrogen-bond donors (Lipinski definition) is 0. The first-order chi connectivity index (χ1) is 14.1. The first-order valence-electron chi connectivity index (χ1n) is 10.4. The van der Waals surface area contributed by atoms with Crippen LogP contribution in [0, 0.1) is 20.8 Å². The number of nitrogens with zero attached hydrogens (tertiary/aromatic N) is 6. The second-order valence-electron chi connectivity index (χ2n) is 8.23. The number of aromatic nitrogens is 5. The topological polar surface area (TPSA) is 76.9 Å². The molecule has 2 fully saturated rings. The highest BCUT2D eigenvalue weighted by molar-refractivity contribution is 5.80. The van der Waals surface area contributed by atoms with Crippen molar-refractivity contribution in [3.05, 3.63) is 46.5 Å². The smallest absolute Gasteiger partial charge is 0.227 e. The standard InChI is InChI=1S/C22H26N6O/c1-13-9-18-20(16-5-4-6-16)25-22(26-21(18)24-15(13)3)28-7-8-29-19(12-28)17-10-14(2)27-23-11-17/h9-11,16,19H,4-8,12H2,1-3H3/t19-/m0/s1. The zero-order valence-electron chi connectivity index (χ0n) is 17.2. The molecular weight excluding hydrogens is 364 g/mol. The van der Waals surface area contributed by atoms with E-state index in [0.717, 1.165) is 46.2 Å². The van der Waals surface area contributed by atoms with Gasteiger partial charge in [0.25, 0.3) is 0 Å². The Hall–Kier alpha value is -2.67. The molecule has 0 radical (unpaired) electrons. The second-order valence-corrected chi connectivity index (χ2v) is 8.23. The summed E-state index contributed by atoms with van der Waals surface area (Å²) in [6.07, 6.45) is 5.41. The molecule has 0 amide bonds. The Bertz CT molecular complexity index is 1060. The third-order valence-corrected chi connectivity index (χ3v) is 6.16. The quantitative estimate of drug-likeness (QED) is 0.676. The van der Waals surface area contributed by atoms with E-state index in [1.54, 1.807) is 6.20 Å². The number of pyridine rings is 1. The maximum absolute atomic E-state index is 6.02. The number of anilines is 1. The highest BCUT2D eigenvalue weighted by Gasteiger charge is 2.28. The summed E-state index contributed by atoms with van der Waals surface area (Å²) < 4.78 is 6.02. The van der Waals surface area contributed by atoms with E-state index in [1.165, 1.54) is 24.8 Å². The molecule has 1 saturated carbocycles. The molecule has 29 heavy (non-hydrogen) atoms. The van der Waals surface area contributed by atoms with Crippen LogP contribution in [0.5, 0.6) is 0 Å². The lowest BCUT2D eigenvalue weighted by Crippen LogP contribution is -2.39.